The van der Waals surface area contributed by atoms with E-state index in [-0.39, 0.29) is 0 Å². The van der Waals surface area contributed by atoms with Gasteiger partial charge in [-0.25, -0.2) is 0 Å². The van der Waals surface area contributed by atoms with Gasteiger partial charge in [0.2, 0.25) is 6.79 Å². The first-order valence-electron chi connectivity index (χ1n) is 5.27. The molecule has 0 aliphatic carbocycles. The molecule has 1 aromatic heterocycles. The smallest absolute Gasteiger partial charge is 0.231 e. The van der Waals surface area contributed by atoms with Crippen LogP contribution in [0.1, 0.15) is 13.3 Å². The van der Waals surface area contributed by atoms with Crippen molar-refractivity contribution in [2.75, 3.05) is 6.79 Å². The quantitative estimate of drug-likeness (QED) is 0.869. The minimum absolute atomic E-state index is 0.300. The average molecular weight is 236 g/mol. The van der Waals surface area contributed by atoms with E-state index >= 15 is 0 Å². The van der Waals surface area contributed by atoms with Gasteiger partial charge in [0.1, 0.15) is 0 Å². The zero-order valence-corrected chi connectivity index (χ0v) is 9.76. The summed E-state index contributed by atoms with van der Waals surface area (Å²) in [6, 6.07) is 3.94. The summed E-state index contributed by atoms with van der Waals surface area (Å²) in [6.45, 7) is 3.29. The van der Waals surface area contributed by atoms with Crippen LogP contribution in [0, 0.1) is 5.41 Å². The Hall–Kier alpha value is -1.49. The van der Waals surface area contributed by atoms with Crippen molar-refractivity contribution in [1.29, 1.82) is 5.41 Å². The van der Waals surface area contributed by atoms with Crippen molar-refractivity contribution in [3.05, 3.63) is 16.9 Å². The predicted octanol–water partition coefficient (Wildman–Crippen LogP) is 2.32. The molecule has 0 spiro atoms. The van der Waals surface area contributed by atoms with Crippen molar-refractivity contribution < 1.29 is 9.47 Å². The van der Waals surface area contributed by atoms with Gasteiger partial charge in [0.15, 0.2) is 16.3 Å². The van der Waals surface area contributed by atoms with E-state index < -0.39 is 0 Å². The molecule has 1 aromatic carbocycles. The standard InChI is InChI=1S/C11H12N2O2S/c1-2-3-13-7-4-8-9(15-6-14-8)5-10(7)16-11(13)12/h4-5,12H,2-3,6H2,1H3. The van der Waals surface area contributed by atoms with Crippen LogP contribution in [0.3, 0.4) is 0 Å². The van der Waals surface area contributed by atoms with Crippen molar-refractivity contribution in [1.82, 2.24) is 4.57 Å². The van der Waals surface area contributed by atoms with E-state index in [4.69, 9.17) is 14.9 Å². The van der Waals surface area contributed by atoms with Crippen molar-refractivity contribution >= 4 is 21.6 Å². The predicted molar refractivity (Wildman–Crippen MR) is 62.1 cm³/mol. The number of nitrogens with one attached hydrogen (secondary N) is 1. The molecule has 84 valence electrons. The molecule has 0 saturated heterocycles. The lowest BCUT2D eigenvalue weighted by Gasteiger charge is -2.02. The molecule has 2 heterocycles. The molecular weight excluding hydrogens is 224 g/mol. The third kappa shape index (κ3) is 1.31. The number of fused-ring (bicyclic) bond motifs is 2. The van der Waals surface area contributed by atoms with Gasteiger partial charge in [0, 0.05) is 18.7 Å². The van der Waals surface area contributed by atoms with Crippen LogP contribution in [-0.4, -0.2) is 11.4 Å². The SMILES string of the molecule is CCCn1c(=N)sc2cc3c(cc21)OCO3. The van der Waals surface area contributed by atoms with Gasteiger partial charge in [0.25, 0.3) is 0 Å². The van der Waals surface area contributed by atoms with Gasteiger partial charge in [-0.15, -0.1) is 0 Å². The average Bonchev–Trinajstić information content (AvgIpc) is 2.81. The fourth-order valence-electron chi connectivity index (χ4n) is 1.92. The van der Waals surface area contributed by atoms with Crippen LogP contribution in [0.4, 0.5) is 0 Å². The van der Waals surface area contributed by atoms with E-state index in [0.717, 1.165) is 34.7 Å². The lowest BCUT2D eigenvalue weighted by molar-refractivity contribution is 0.174. The highest BCUT2D eigenvalue weighted by atomic mass is 32.1. The van der Waals surface area contributed by atoms with Crippen molar-refractivity contribution in [2.45, 2.75) is 19.9 Å². The topological polar surface area (TPSA) is 47.2 Å². The number of aromatic nitrogens is 1. The van der Waals surface area contributed by atoms with Crippen LogP contribution in [0.5, 0.6) is 11.5 Å². The number of benzene rings is 1. The number of hydrogen-bond acceptors (Lipinski definition) is 4. The highest BCUT2D eigenvalue weighted by Crippen LogP contribution is 2.36. The molecular formula is C11H12N2O2S. The minimum Gasteiger partial charge on any atom is -0.454 e. The number of ether oxygens (including phenoxy) is 2. The maximum Gasteiger partial charge on any atom is 0.231 e. The number of hydrogen-bond donors (Lipinski definition) is 1. The second kappa shape index (κ2) is 3.52. The Morgan fingerprint density at radius 1 is 1.38 bits per heavy atom. The second-order valence-corrected chi connectivity index (χ2v) is 4.76. The van der Waals surface area contributed by atoms with E-state index in [2.05, 4.69) is 6.92 Å². The molecule has 0 amide bonds. The Kier molecular flexibility index (Phi) is 2.14. The van der Waals surface area contributed by atoms with Crippen molar-refractivity contribution in [2.24, 2.45) is 0 Å². The van der Waals surface area contributed by atoms with E-state index in [9.17, 15) is 0 Å². The number of nitrogens with zero attached hydrogens (tertiary/aromatic N) is 1. The normalized spacial score (nSPS) is 13.6. The zero-order chi connectivity index (χ0) is 11.1. The minimum atomic E-state index is 0.300. The summed E-state index contributed by atoms with van der Waals surface area (Å²) < 4.78 is 13.8. The maximum absolute atomic E-state index is 7.92. The molecule has 1 N–H and O–H groups in total. The summed E-state index contributed by atoms with van der Waals surface area (Å²) in [7, 11) is 0. The maximum atomic E-state index is 7.92. The van der Waals surface area contributed by atoms with E-state index in [1.165, 1.54) is 11.3 Å². The lowest BCUT2D eigenvalue weighted by Crippen LogP contribution is -2.12. The molecule has 0 atom stereocenters. The second-order valence-electron chi connectivity index (χ2n) is 3.73. The fraction of sp³-hybridized carbons (Fsp3) is 0.364. The molecule has 0 fully saturated rings. The summed E-state index contributed by atoms with van der Waals surface area (Å²) in [4.78, 5) is 0.584. The van der Waals surface area contributed by atoms with Gasteiger partial charge < -0.3 is 14.0 Å². The number of rotatable bonds is 2. The first-order valence-corrected chi connectivity index (χ1v) is 6.09. The first-order chi connectivity index (χ1) is 7.79. The van der Waals surface area contributed by atoms with Crippen LogP contribution in [0.2, 0.25) is 0 Å². The van der Waals surface area contributed by atoms with Gasteiger partial charge in [-0.2, -0.15) is 0 Å². The molecule has 2 aromatic rings. The van der Waals surface area contributed by atoms with Crippen LogP contribution < -0.4 is 14.3 Å². The third-order valence-corrected chi connectivity index (χ3v) is 3.60. The summed E-state index contributed by atoms with van der Waals surface area (Å²) in [5.41, 5.74) is 1.07. The van der Waals surface area contributed by atoms with E-state index in [1.54, 1.807) is 0 Å². The number of aryl methyl sites for hydroxylation is 1. The summed E-state index contributed by atoms with van der Waals surface area (Å²) in [5.74, 6) is 1.58. The molecule has 0 bridgehead atoms. The summed E-state index contributed by atoms with van der Waals surface area (Å²) in [6.07, 6.45) is 1.02. The van der Waals surface area contributed by atoms with Gasteiger partial charge in [-0.1, -0.05) is 18.3 Å². The van der Waals surface area contributed by atoms with Crippen LogP contribution in [0.25, 0.3) is 10.2 Å². The Balaban J connectivity index is 2.27. The van der Waals surface area contributed by atoms with Crippen molar-refractivity contribution in [3.8, 4) is 11.5 Å². The molecule has 0 unspecified atom stereocenters. The molecule has 5 heteroatoms. The van der Waals surface area contributed by atoms with Gasteiger partial charge >= 0.3 is 0 Å². The Morgan fingerprint density at radius 2 is 2.12 bits per heavy atom. The van der Waals surface area contributed by atoms with Gasteiger partial charge in [-0.3, -0.25) is 5.41 Å². The van der Waals surface area contributed by atoms with Gasteiger partial charge in [0.05, 0.1) is 10.2 Å². The molecule has 0 radical (unpaired) electrons. The Bertz CT molecular complexity index is 600. The fourth-order valence-corrected chi connectivity index (χ4v) is 2.87. The monoisotopic (exact) mass is 236 g/mol. The Labute approximate surface area is 96.5 Å². The first kappa shape index (κ1) is 9.72. The van der Waals surface area contributed by atoms with Gasteiger partial charge in [-0.05, 0) is 6.42 Å². The lowest BCUT2D eigenvalue weighted by atomic mass is 10.3. The largest absolute Gasteiger partial charge is 0.454 e. The zero-order valence-electron chi connectivity index (χ0n) is 8.95. The molecule has 4 nitrogen and oxygen atoms in total. The molecule has 16 heavy (non-hydrogen) atoms. The summed E-state index contributed by atoms with van der Waals surface area (Å²) >= 11 is 1.48. The molecule has 1 aliphatic heterocycles. The van der Waals surface area contributed by atoms with Crippen LogP contribution in [0.15, 0.2) is 12.1 Å². The van der Waals surface area contributed by atoms with Crippen LogP contribution in [-0.2, 0) is 6.54 Å². The molecule has 0 saturated carbocycles. The third-order valence-electron chi connectivity index (χ3n) is 2.64. The molecule has 3 rings (SSSR count). The molecule has 1 aliphatic rings. The van der Waals surface area contributed by atoms with Crippen LogP contribution >= 0.6 is 11.3 Å². The highest BCUT2D eigenvalue weighted by Gasteiger charge is 2.16. The van der Waals surface area contributed by atoms with Crippen molar-refractivity contribution in [3.63, 3.8) is 0 Å². The van der Waals surface area contributed by atoms with E-state index in [1.807, 2.05) is 16.7 Å². The number of thiazole rings is 1. The summed E-state index contributed by atoms with van der Waals surface area (Å²) in [5, 5.41) is 7.92. The Morgan fingerprint density at radius 3 is 2.88 bits per heavy atom. The van der Waals surface area contributed by atoms with E-state index in [0.29, 0.717) is 11.6 Å². The highest BCUT2D eigenvalue weighted by molar-refractivity contribution is 7.16.